The zero-order valence-electron chi connectivity index (χ0n) is 16.8. The summed E-state index contributed by atoms with van der Waals surface area (Å²) in [5.74, 6) is -2.35. The number of aliphatic imine (C=N–C) groups is 1. The number of carbonyl (C=O) groups excluding carboxylic acids is 2. The van der Waals surface area contributed by atoms with Crippen LogP contribution in [0, 0.1) is 10.1 Å². The van der Waals surface area contributed by atoms with Gasteiger partial charge >= 0.3 is 12.1 Å². The third kappa shape index (κ3) is 8.99. The third-order valence-corrected chi connectivity index (χ3v) is 3.34. The molecule has 0 fully saturated rings. The quantitative estimate of drug-likeness (QED) is 0.117. The fraction of sp³-hybridized carbons (Fsp3) is 0.562. The summed E-state index contributed by atoms with van der Waals surface area (Å²) in [6.45, 7) is 5.09. The Balaban J connectivity index is 2.71. The molecule has 0 aliphatic rings. The molecule has 1 aromatic heterocycles. The molecule has 14 heteroatoms. The van der Waals surface area contributed by atoms with Gasteiger partial charge in [-0.25, -0.2) is 24.7 Å². The first-order valence-electron chi connectivity index (χ1n) is 8.91. The van der Waals surface area contributed by atoms with Gasteiger partial charge in [0.15, 0.2) is 5.03 Å². The summed E-state index contributed by atoms with van der Waals surface area (Å²) in [5, 5.41) is 30.9. The van der Waals surface area contributed by atoms with Crippen molar-refractivity contribution in [2.45, 2.75) is 51.7 Å². The fourth-order valence-corrected chi connectivity index (χ4v) is 2.14. The molecule has 0 bridgehead atoms. The van der Waals surface area contributed by atoms with Crippen molar-refractivity contribution in [3.8, 4) is 11.8 Å². The number of hydrogen-bond donors (Lipinski definition) is 5. The Morgan fingerprint density at radius 3 is 2.43 bits per heavy atom. The largest absolute Gasteiger partial charge is 0.492 e. The Bertz CT molecular complexity index is 766. The van der Waals surface area contributed by atoms with Crippen LogP contribution in [0.2, 0.25) is 0 Å². The van der Waals surface area contributed by atoms with Crippen LogP contribution >= 0.6 is 0 Å². The standard InChI is InChI=1S/C16H26N6O8/c1-16(2,3)29-15(26)19-10(6-4-5-9-18-14(17)20-22(27)28)13(25)30-21-11(23)7-8-12(21)24/h7-8,10,23-24H,4-6,9H2,1-3H3,(H,19,26)(H3,17,18,20)/t10-/m0/s1. The maximum Gasteiger partial charge on any atom is 0.408 e. The van der Waals surface area contributed by atoms with E-state index in [1.165, 1.54) is 0 Å². The molecule has 0 spiro atoms. The first kappa shape index (κ1) is 24.3. The lowest BCUT2D eigenvalue weighted by Crippen LogP contribution is -2.46. The number of nitrogens with one attached hydrogen (secondary N) is 2. The van der Waals surface area contributed by atoms with Crippen molar-refractivity contribution >= 4 is 18.0 Å². The van der Waals surface area contributed by atoms with Crippen molar-refractivity contribution < 1.29 is 34.4 Å². The molecule has 1 rings (SSSR count). The van der Waals surface area contributed by atoms with E-state index in [9.17, 15) is 29.9 Å². The van der Waals surface area contributed by atoms with Gasteiger partial charge in [0, 0.05) is 18.7 Å². The summed E-state index contributed by atoms with van der Waals surface area (Å²) in [6.07, 6.45) is -0.0179. The molecular formula is C16H26N6O8. The van der Waals surface area contributed by atoms with Gasteiger partial charge in [-0.05, 0) is 40.0 Å². The minimum Gasteiger partial charge on any atom is -0.492 e. The first-order valence-corrected chi connectivity index (χ1v) is 8.91. The van der Waals surface area contributed by atoms with Crippen LogP contribution in [0.25, 0.3) is 0 Å². The van der Waals surface area contributed by atoms with Crippen molar-refractivity contribution in [1.82, 2.24) is 15.5 Å². The molecule has 0 saturated carbocycles. The van der Waals surface area contributed by atoms with Crippen LogP contribution in [0.5, 0.6) is 11.8 Å². The number of unbranched alkanes of at least 4 members (excludes halogenated alkanes) is 1. The van der Waals surface area contributed by atoms with E-state index >= 15 is 0 Å². The van der Waals surface area contributed by atoms with Gasteiger partial charge in [0.05, 0.1) is 0 Å². The number of nitro groups is 1. The number of aromatic nitrogens is 1. The number of alkyl carbamates (subject to hydrolysis) is 1. The summed E-state index contributed by atoms with van der Waals surface area (Å²) in [5.41, 5.74) is 6.19. The number of nitrogens with two attached hydrogens (primary N) is 1. The van der Waals surface area contributed by atoms with Gasteiger partial charge in [0.1, 0.15) is 11.6 Å². The number of aromatic hydroxyl groups is 2. The highest BCUT2D eigenvalue weighted by atomic mass is 16.7. The van der Waals surface area contributed by atoms with Crippen molar-refractivity contribution in [3.63, 3.8) is 0 Å². The monoisotopic (exact) mass is 430 g/mol. The van der Waals surface area contributed by atoms with Gasteiger partial charge in [-0.1, -0.05) is 5.43 Å². The predicted molar refractivity (Wildman–Crippen MR) is 103 cm³/mol. The van der Waals surface area contributed by atoms with Crippen molar-refractivity contribution in [1.29, 1.82) is 0 Å². The van der Waals surface area contributed by atoms with Crippen LogP contribution in [-0.2, 0) is 9.53 Å². The zero-order chi connectivity index (χ0) is 22.9. The van der Waals surface area contributed by atoms with Gasteiger partial charge in [-0.2, -0.15) is 0 Å². The molecule has 1 heterocycles. The third-order valence-electron chi connectivity index (χ3n) is 3.34. The highest BCUT2D eigenvalue weighted by molar-refractivity contribution is 5.81. The Labute approximate surface area is 171 Å². The molecule has 0 aliphatic heterocycles. The van der Waals surface area contributed by atoms with Crippen molar-refractivity contribution in [2.75, 3.05) is 6.54 Å². The number of hydrazine groups is 1. The first-order chi connectivity index (χ1) is 13.9. The Morgan fingerprint density at radius 1 is 1.30 bits per heavy atom. The van der Waals surface area contributed by atoms with E-state index in [1.54, 1.807) is 26.2 Å². The smallest absolute Gasteiger partial charge is 0.408 e. The van der Waals surface area contributed by atoms with Crippen LogP contribution in [0.3, 0.4) is 0 Å². The van der Waals surface area contributed by atoms with Crippen LogP contribution in [-0.4, -0.2) is 56.2 Å². The van der Waals surface area contributed by atoms with Gasteiger partial charge in [-0.3, -0.25) is 0 Å². The molecule has 1 atom stereocenters. The SMILES string of the molecule is CC(C)(C)OC(=O)N[C@@H](CCCCN=C(N)N[N+](=O)[O-])C(=O)On1c(O)ccc1O. The number of amides is 1. The molecule has 0 radical (unpaired) electrons. The highest BCUT2D eigenvalue weighted by Crippen LogP contribution is 2.19. The summed E-state index contributed by atoms with van der Waals surface area (Å²) in [7, 11) is 0. The minimum atomic E-state index is -1.17. The van der Waals surface area contributed by atoms with Crippen LogP contribution < -0.4 is 21.3 Å². The van der Waals surface area contributed by atoms with Gasteiger partial charge in [-0.15, -0.1) is 4.73 Å². The van der Waals surface area contributed by atoms with Crippen LogP contribution in [0.4, 0.5) is 4.79 Å². The summed E-state index contributed by atoms with van der Waals surface area (Å²) in [4.78, 5) is 43.4. The number of hydrogen-bond acceptors (Lipinski definition) is 9. The van der Waals surface area contributed by atoms with E-state index in [1.807, 2.05) is 0 Å². The van der Waals surface area contributed by atoms with Crippen LogP contribution in [0.1, 0.15) is 40.0 Å². The molecule has 0 unspecified atom stereocenters. The lowest BCUT2D eigenvalue weighted by molar-refractivity contribution is -0.525. The Hall–Kier alpha value is -3.71. The lowest BCUT2D eigenvalue weighted by atomic mass is 10.1. The fourth-order valence-electron chi connectivity index (χ4n) is 2.14. The molecule has 0 saturated heterocycles. The average molecular weight is 430 g/mol. The van der Waals surface area contributed by atoms with Gasteiger partial charge in [0.25, 0.3) is 5.96 Å². The number of guanidine groups is 1. The topological polar surface area (TPSA) is 204 Å². The summed E-state index contributed by atoms with van der Waals surface area (Å²) in [6, 6.07) is 1.06. The maximum absolute atomic E-state index is 12.4. The molecular weight excluding hydrogens is 404 g/mol. The second-order valence-electron chi connectivity index (χ2n) is 7.08. The molecule has 168 valence electrons. The van der Waals surface area contributed by atoms with E-state index in [-0.39, 0.29) is 18.9 Å². The summed E-state index contributed by atoms with van der Waals surface area (Å²) >= 11 is 0. The second-order valence-corrected chi connectivity index (χ2v) is 7.08. The Kier molecular flexibility index (Phi) is 8.70. The van der Waals surface area contributed by atoms with Crippen LogP contribution in [0.15, 0.2) is 17.1 Å². The molecule has 1 aromatic rings. The predicted octanol–water partition coefficient (Wildman–Crippen LogP) is 0.0141. The molecule has 30 heavy (non-hydrogen) atoms. The highest BCUT2D eigenvalue weighted by Gasteiger charge is 2.27. The van der Waals surface area contributed by atoms with E-state index in [0.29, 0.717) is 17.6 Å². The van der Waals surface area contributed by atoms with Crippen molar-refractivity contribution in [3.05, 3.63) is 22.2 Å². The average Bonchev–Trinajstić information content (AvgIpc) is 2.90. The minimum absolute atomic E-state index is 0.0962. The normalized spacial score (nSPS) is 12.7. The maximum atomic E-state index is 12.4. The summed E-state index contributed by atoms with van der Waals surface area (Å²) < 4.78 is 5.62. The molecule has 6 N–H and O–H groups in total. The Morgan fingerprint density at radius 2 is 1.90 bits per heavy atom. The molecule has 0 aliphatic carbocycles. The zero-order valence-corrected chi connectivity index (χ0v) is 16.8. The molecule has 1 amide bonds. The number of ether oxygens (including phenoxy) is 1. The number of nitrogens with zero attached hydrogens (tertiary/aromatic N) is 3. The second kappa shape index (κ2) is 10.7. The molecule has 14 nitrogen and oxygen atoms in total. The van der Waals surface area contributed by atoms with Gasteiger partial charge < -0.3 is 30.8 Å². The number of rotatable bonds is 9. The van der Waals surface area contributed by atoms with E-state index < -0.39 is 40.5 Å². The number of carbonyl (C=O) groups is 2. The lowest BCUT2D eigenvalue weighted by Gasteiger charge is -2.23. The molecule has 0 aromatic carbocycles. The van der Waals surface area contributed by atoms with E-state index in [2.05, 4.69) is 10.3 Å². The van der Waals surface area contributed by atoms with Crippen molar-refractivity contribution in [2.24, 2.45) is 10.7 Å². The van der Waals surface area contributed by atoms with Gasteiger partial charge in [0.2, 0.25) is 11.8 Å². The van der Waals surface area contributed by atoms with E-state index in [0.717, 1.165) is 12.1 Å². The van der Waals surface area contributed by atoms with E-state index in [4.69, 9.17) is 15.3 Å².